The van der Waals surface area contributed by atoms with Crippen molar-refractivity contribution < 1.29 is 27.8 Å². The lowest BCUT2D eigenvalue weighted by Gasteiger charge is -2.18. The molecular weight excluding hydrogens is 390 g/mol. The molecule has 1 atom stereocenters. The molecule has 2 amide bonds. The van der Waals surface area contributed by atoms with Crippen LogP contribution in [0.25, 0.3) is 0 Å². The number of halogens is 2. The van der Waals surface area contributed by atoms with Gasteiger partial charge in [-0.1, -0.05) is 6.92 Å². The van der Waals surface area contributed by atoms with E-state index >= 15 is 0 Å². The van der Waals surface area contributed by atoms with Crippen molar-refractivity contribution in [2.75, 3.05) is 12.4 Å². The number of carbonyl (C=O) groups excluding carboxylic acids is 2. The zero-order chi connectivity index (χ0) is 20.4. The van der Waals surface area contributed by atoms with E-state index in [2.05, 4.69) is 17.0 Å². The molecule has 1 aliphatic carbocycles. The number of hydrogen-bond donors (Lipinski definition) is 2. The maximum Gasteiger partial charge on any atom is 0.387 e. The zero-order valence-electron chi connectivity index (χ0n) is 15.4. The van der Waals surface area contributed by atoms with Gasteiger partial charge in [-0.2, -0.15) is 8.78 Å². The lowest BCUT2D eigenvalue weighted by molar-refractivity contribution is -0.0512. The number of nitrogens with one attached hydrogen (secondary N) is 1. The molecule has 0 spiro atoms. The molecule has 2 aromatic rings. The second kappa shape index (κ2) is 8.14. The Morgan fingerprint density at radius 1 is 1.32 bits per heavy atom. The third kappa shape index (κ3) is 4.09. The molecular formula is C19H20F2N2O4S. The summed E-state index contributed by atoms with van der Waals surface area (Å²) in [4.78, 5) is 25.7. The van der Waals surface area contributed by atoms with Crippen LogP contribution in [0.3, 0.4) is 0 Å². The lowest BCUT2D eigenvalue weighted by atomic mass is 9.88. The number of nitrogens with two attached hydrogens (primary N) is 1. The minimum atomic E-state index is -3.01. The third-order valence-electron chi connectivity index (χ3n) is 4.63. The van der Waals surface area contributed by atoms with Gasteiger partial charge in [-0.05, 0) is 48.9 Å². The molecule has 1 unspecified atom stereocenters. The topological polar surface area (TPSA) is 90.6 Å². The highest BCUT2D eigenvalue weighted by molar-refractivity contribution is 7.17. The second-order valence-electron chi connectivity index (χ2n) is 6.62. The molecule has 6 nitrogen and oxygen atoms in total. The van der Waals surface area contributed by atoms with E-state index in [4.69, 9.17) is 10.5 Å². The average Bonchev–Trinajstić information content (AvgIpc) is 2.98. The number of carbonyl (C=O) groups is 2. The summed E-state index contributed by atoms with van der Waals surface area (Å²) in [5.41, 5.74) is 6.99. The molecule has 3 N–H and O–H groups in total. The molecule has 0 fully saturated rings. The van der Waals surface area contributed by atoms with Crippen LogP contribution in [0.4, 0.5) is 13.8 Å². The molecule has 0 aliphatic heterocycles. The molecule has 1 aromatic heterocycles. The molecule has 1 heterocycles. The number of anilines is 1. The monoisotopic (exact) mass is 410 g/mol. The minimum Gasteiger partial charge on any atom is -0.493 e. The predicted molar refractivity (Wildman–Crippen MR) is 102 cm³/mol. The molecule has 0 bridgehead atoms. The molecule has 1 aliphatic rings. The Balaban J connectivity index is 1.88. The van der Waals surface area contributed by atoms with Gasteiger partial charge in [0.15, 0.2) is 11.5 Å². The fourth-order valence-electron chi connectivity index (χ4n) is 3.28. The second-order valence-corrected chi connectivity index (χ2v) is 7.72. The van der Waals surface area contributed by atoms with Crippen LogP contribution >= 0.6 is 11.3 Å². The summed E-state index contributed by atoms with van der Waals surface area (Å²) in [5, 5.41) is 3.13. The van der Waals surface area contributed by atoms with Gasteiger partial charge in [-0.15, -0.1) is 11.3 Å². The normalized spacial score (nSPS) is 15.8. The van der Waals surface area contributed by atoms with Crippen LogP contribution in [0.15, 0.2) is 18.2 Å². The zero-order valence-corrected chi connectivity index (χ0v) is 16.2. The summed E-state index contributed by atoms with van der Waals surface area (Å²) in [6.45, 7) is -0.869. The van der Waals surface area contributed by atoms with Gasteiger partial charge in [-0.3, -0.25) is 9.59 Å². The summed E-state index contributed by atoms with van der Waals surface area (Å²) >= 11 is 1.35. The summed E-state index contributed by atoms with van der Waals surface area (Å²) in [6, 6.07) is 3.87. The molecule has 150 valence electrons. The van der Waals surface area contributed by atoms with Crippen molar-refractivity contribution in [1.82, 2.24) is 0 Å². The van der Waals surface area contributed by atoms with Crippen molar-refractivity contribution in [3.05, 3.63) is 39.8 Å². The number of fused-ring (bicyclic) bond motifs is 1. The number of primary amides is 1. The first-order chi connectivity index (χ1) is 13.3. The number of hydrogen-bond acceptors (Lipinski definition) is 5. The van der Waals surface area contributed by atoms with Gasteiger partial charge in [-0.25, -0.2) is 0 Å². The van der Waals surface area contributed by atoms with E-state index in [0.717, 1.165) is 29.7 Å². The molecule has 28 heavy (non-hydrogen) atoms. The largest absolute Gasteiger partial charge is 0.493 e. The standard InChI is InChI=1S/C19H20F2N2O4S/c1-9-3-5-11-14(7-9)28-18(15(11)16(22)24)23-17(25)10-4-6-12(27-19(20)21)13(8-10)26-2/h4,6,8-9,19H,3,5,7H2,1-2H3,(H2,22,24)(H,23,25). The van der Waals surface area contributed by atoms with Gasteiger partial charge in [0.25, 0.3) is 11.8 Å². The maximum absolute atomic E-state index is 12.7. The van der Waals surface area contributed by atoms with Crippen LogP contribution in [0.2, 0.25) is 0 Å². The molecule has 1 aromatic carbocycles. The first kappa shape index (κ1) is 20.1. The van der Waals surface area contributed by atoms with Crippen LogP contribution < -0.4 is 20.5 Å². The number of benzene rings is 1. The smallest absolute Gasteiger partial charge is 0.387 e. The highest BCUT2D eigenvalue weighted by Crippen LogP contribution is 2.39. The van der Waals surface area contributed by atoms with Crippen molar-refractivity contribution in [1.29, 1.82) is 0 Å². The average molecular weight is 410 g/mol. The summed E-state index contributed by atoms with van der Waals surface area (Å²) in [6.07, 6.45) is 2.54. The number of amides is 2. The number of ether oxygens (including phenoxy) is 2. The van der Waals surface area contributed by atoms with Crippen molar-refractivity contribution in [2.45, 2.75) is 32.8 Å². The summed E-state index contributed by atoms with van der Waals surface area (Å²) in [5.74, 6) is -0.756. The lowest BCUT2D eigenvalue weighted by Crippen LogP contribution is -2.19. The van der Waals surface area contributed by atoms with Gasteiger partial charge in [0.1, 0.15) is 5.00 Å². The van der Waals surface area contributed by atoms with Crippen LogP contribution in [-0.2, 0) is 12.8 Å². The van der Waals surface area contributed by atoms with Gasteiger partial charge >= 0.3 is 6.61 Å². The van der Waals surface area contributed by atoms with Crippen LogP contribution in [0.5, 0.6) is 11.5 Å². The van der Waals surface area contributed by atoms with E-state index in [1.807, 2.05) is 0 Å². The molecule has 9 heteroatoms. The molecule has 0 radical (unpaired) electrons. The fourth-order valence-corrected chi connectivity index (χ4v) is 4.69. The molecule has 3 rings (SSSR count). The first-order valence-corrected chi connectivity index (χ1v) is 9.50. The molecule has 0 saturated carbocycles. The number of rotatable bonds is 6. The Kier molecular flexibility index (Phi) is 5.83. The maximum atomic E-state index is 12.7. The van der Waals surface area contributed by atoms with E-state index in [0.29, 0.717) is 16.5 Å². The van der Waals surface area contributed by atoms with Crippen LogP contribution in [-0.4, -0.2) is 25.5 Å². The van der Waals surface area contributed by atoms with E-state index in [1.54, 1.807) is 0 Å². The van der Waals surface area contributed by atoms with Crippen molar-refractivity contribution in [3.63, 3.8) is 0 Å². The van der Waals surface area contributed by atoms with Crippen LogP contribution in [0.1, 0.15) is 44.5 Å². The molecule has 0 saturated heterocycles. The first-order valence-electron chi connectivity index (χ1n) is 8.68. The summed E-state index contributed by atoms with van der Waals surface area (Å²) in [7, 11) is 1.29. The van der Waals surface area contributed by atoms with E-state index in [9.17, 15) is 18.4 Å². The van der Waals surface area contributed by atoms with Crippen molar-refractivity contribution in [3.8, 4) is 11.5 Å². The Morgan fingerprint density at radius 3 is 2.71 bits per heavy atom. The van der Waals surface area contributed by atoms with E-state index in [1.165, 1.54) is 36.6 Å². The van der Waals surface area contributed by atoms with Gasteiger partial charge < -0.3 is 20.5 Å². The highest BCUT2D eigenvalue weighted by Gasteiger charge is 2.27. The van der Waals surface area contributed by atoms with Crippen LogP contribution in [0, 0.1) is 5.92 Å². The SMILES string of the molecule is COc1cc(C(=O)Nc2sc3c(c2C(N)=O)CCC(C)C3)ccc1OC(F)F. The number of thiophene rings is 1. The Hall–Kier alpha value is -2.68. The number of methoxy groups -OCH3 is 1. The Bertz CT molecular complexity index is 914. The highest BCUT2D eigenvalue weighted by atomic mass is 32.1. The quantitative estimate of drug-likeness (QED) is 0.757. The fraction of sp³-hybridized carbons (Fsp3) is 0.368. The van der Waals surface area contributed by atoms with Crippen molar-refractivity contribution in [2.24, 2.45) is 11.7 Å². The third-order valence-corrected chi connectivity index (χ3v) is 5.80. The Labute approximate surface area is 164 Å². The van der Waals surface area contributed by atoms with E-state index < -0.39 is 18.4 Å². The predicted octanol–water partition coefficient (Wildman–Crippen LogP) is 3.83. The van der Waals surface area contributed by atoms with Gasteiger partial charge in [0.2, 0.25) is 0 Å². The van der Waals surface area contributed by atoms with Crippen molar-refractivity contribution >= 4 is 28.2 Å². The Morgan fingerprint density at radius 2 is 2.07 bits per heavy atom. The minimum absolute atomic E-state index is 0.00220. The summed E-state index contributed by atoms with van der Waals surface area (Å²) < 4.78 is 34.3. The number of alkyl halides is 2. The van der Waals surface area contributed by atoms with Gasteiger partial charge in [0.05, 0.1) is 12.7 Å². The van der Waals surface area contributed by atoms with E-state index in [-0.39, 0.29) is 17.1 Å². The van der Waals surface area contributed by atoms with Gasteiger partial charge in [0, 0.05) is 10.4 Å².